The van der Waals surface area contributed by atoms with E-state index < -0.39 is 0 Å². The van der Waals surface area contributed by atoms with E-state index in [9.17, 15) is 0 Å². The summed E-state index contributed by atoms with van der Waals surface area (Å²) in [5.41, 5.74) is 2.50. The molecule has 2 aromatic heterocycles. The molecule has 0 aliphatic rings. The van der Waals surface area contributed by atoms with Crippen molar-refractivity contribution >= 4 is 11.6 Å². The zero-order valence-electron chi connectivity index (χ0n) is 8.44. The zero-order chi connectivity index (χ0) is 10.7. The number of aromatic nitrogens is 2. The van der Waals surface area contributed by atoms with Gasteiger partial charge in [0.15, 0.2) is 0 Å². The van der Waals surface area contributed by atoms with Crippen LogP contribution in [0.1, 0.15) is 11.4 Å². The van der Waals surface area contributed by atoms with Crippen LogP contribution in [0.15, 0.2) is 36.7 Å². The molecule has 1 N–H and O–H groups in total. The fourth-order valence-electron chi connectivity index (χ4n) is 1.44. The van der Waals surface area contributed by atoms with Crippen molar-refractivity contribution in [2.45, 2.75) is 0 Å². The molecule has 0 atom stereocenters. The van der Waals surface area contributed by atoms with Crippen LogP contribution in [0.3, 0.4) is 0 Å². The topological polar surface area (TPSA) is 44.5 Å². The molecule has 0 saturated carbocycles. The van der Waals surface area contributed by atoms with Gasteiger partial charge in [-0.05, 0) is 30.3 Å². The van der Waals surface area contributed by atoms with Gasteiger partial charge in [-0.3, -0.25) is 0 Å². The van der Waals surface area contributed by atoms with Crippen LogP contribution < -0.4 is 0 Å². The summed E-state index contributed by atoms with van der Waals surface area (Å²) >= 11 is 0. The second-order valence-corrected chi connectivity index (χ2v) is 3.30. The smallest absolute Gasteiger partial charge is 0.101 e. The number of nitrogens with zero attached hydrogens (tertiary/aromatic N) is 2. The lowest BCUT2D eigenvalue weighted by Gasteiger charge is -1.98. The van der Waals surface area contributed by atoms with E-state index in [0.29, 0.717) is 5.57 Å². The Balaban J connectivity index is 2.41. The number of aryl methyl sites for hydroxylation is 1. The third-order valence-electron chi connectivity index (χ3n) is 2.28. The summed E-state index contributed by atoms with van der Waals surface area (Å²) in [4.78, 5) is 3.02. The molecule has 0 fully saturated rings. The van der Waals surface area contributed by atoms with Crippen molar-refractivity contribution in [3.63, 3.8) is 0 Å². The molecule has 2 heterocycles. The van der Waals surface area contributed by atoms with Crippen LogP contribution in [0.5, 0.6) is 0 Å². The van der Waals surface area contributed by atoms with Crippen LogP contribution in [0.4, 0.5) is 0 Å². The van der Waals surface area contributed by atoms with Gasteiger partial charge in [-0.2, -0.15) is 5.26 Å². The minimum Gasteiger partial charge on any atom is -0.361 e. The Morgan fingerprint density at radius 1 is 1.47 bits per heavy atom. The fourth-order valence-corrected chi connectivity index (χ4v) is 1.44. The molecule has 0 spiro atoms. The Kier molecular flexibility index (Phi) is 2.42. The number of rotatable bonds is 2. The second-order valence-electron chi connectivity index (χ2n) is 3.30. The highest BCUT2D eigenvalue weighted by molar-refractivity contribution is 5.87. The normalized spacial score (nSPS) is 11.3. The predicted octanol–water partition coefficient (Wildman–Crippen LogP) is 2.42. The number of H-pyrrole nitrogens is 1. The van der Waals surface area contributed by atoms with Crippen LogP contribution in [-0.2, 0) is 7.05 Å². The van der Waals surface area contributed by atoms with Gasteiger partial charge in [0.2, 0.25) is 0 Å². The number of hydrogen-bond acceptors (Lipinski definition) is 1. The van der Waals surface area contributed by atoms with Crippen molar-refractivity contribution in [3.05, 3.63) is 48.0 Å². The molecule has 0 aliphatic carbocycles. The maximum absolute atomic E-state index is 9.04. The standard InChI is InChI=1S/C12H11N3/c1-15-7-3-4-11(15)8-10(9-13)12-5-2-6-14-12/h2-8,14H,1H3. The monoisotopic (exact) mass is 197 g/mol. The van der Waals surface area contributed by atoms with E-state index >= 15 is 0 Å². The maximum atomic E-state index is 9.04. The SMILES string of the molecule is Cn1cccc1C=C(C#N)c1ccc[nH]1. The van der Waals surface area contributed by atoms with E-state index in [0.717, 1.165) is 11.4 Å². The van der Waals surface area contributed by atoms with Crippen LogP contribution in [0, 0.1) is 11.3 Å². The summed E-state index contributed by atoms with van der Waals surface area (Å²) in [7, 11) is 1.95. The van der Waals surface area contributed by atoms with Gasteiger partial charge < -0.3 is 9.55 Å². The van der Waals surface area contributed by atoms with Gasteiger partial charge in [0.05, 0.1) is 11.3 Å². The minimum absolute atomic E-state index is 0.641. The Morgan fingerprint density at radius 3 is 2.87 bits per heavy atom. The van der Waals surface area contributed by atoms with E-state index in [1.54, 1.807) is 0 Å². The second kappa shape index (κ2) is 3.89. The predicted molar refractivity (Wildman–Crippen MR) is 59.7 cm³/mol. The molecule has 74 valence electrons. The number of aromatic amines is 1. The number of allylic oxidation sites excluding steroid dienone is 1. The van der Waals surface area contributed by atoms with Crippen LogP contribution >= 0.6 is 0 Å². The highest BCUT2D eigenvalue weighted by Gasteiger charge is 2.02. The first kappa shape index (κ1) is 9.35. The molecule has 2 aromatic rings. The summed E-state index contributed by atoms with van der Waals surface area (Å²) in [6, 6.07) is 9.88. The van der Waals surface area contributed by atoms with E-state index in [2.05, 4.69) is 11.1 Å². The molecule has 0 amide bonds. The van der Waals surface area contributed by atoms with Gasteiger partial charge in [-0.25, -0.2) is 0 Å². The van der Waals surface area contributed by atoms with Crippen molar-refractivity contribution in [2.75, 3.05) is 0 Å². The molecular formula is C12H11N3. The summed E-state index contributed by atoms with van der Waals surface area (Å²) in [6.45, 7) is 0. The molecular weight excluding hydrogens is 186 g/mol. The lowest BCUT2D eigenvalue weighted by atomic mass is 10.2. The first-order chi connectivity index (χ1) is 7.31. The van der Waals surface area contributed by atoms with Crippen molar-refractivity contribution < 1.29 is 0 Å². The summed E-state index contributed by atoms with van der Waals surface area (Å²) in [5, 5.41) is 9.04. The minimum atomic E-state index is 0.641. The molecule has 0 aromatic carbocycles. The van der Waals surface area contributed by atoms with Gasteiger partial charge in [0, 0.05) is 25.1 Å². The highest BCUT2D eigenvalue weighted by Crippen LogP contribution is 2.15. The third kappa shape index (κ3) is 1.84. The zero-order valence-corrected chi connectivity index (χ0v) is 8.44. The molecule has 0 saturated heterocycles. The molecule has 15 heavy (non-hydrogen) atoms. The van der Waals surface area contributed by atoms with Gasteiger partial charge in [0.1, 0.15) is 6.07 Å². The summed E-state index contributed by atoms with van der Waals surface area (Å²) < 4.78 is 1.97. The van der Waals surface area contributed by atoms with Crippen LogP contribution in [0.25, 0.3) is 11.6 Å². The average molecular weight is 197 g/mol. The quantitative estimate of drug-likeness (QED) is 0.738. The van der Waals surface area contributed by atoms with Gasteiger partial charge in [-0.1, -0.05) is 0 Å². The Morgan fingerprint density at radius 2 is 2.33 bits per heavy atom. The van der Waals surface area contributed by atoms with Gasteiger partial charge >= 0.3 is 0 Å². The van der Waals surface area contributed by atoms with E-state index in [1.807, 2.05) is 54.3 Å². The fraction of sp³-hybridized carbons (Fsp3) is 0.0833. The van der Waals surface area contributed by atoms with Crippen molar-refractivity contribution in [1.29, 1.82) is 5.26 Å². The number of hydrogen-bond donors (Lipinski definition) is 1. The number of nitrogens with one attached hydrogen (secondary N) is 1. The van der Waals surface area contributed by atoms with E-state index in [4.69, 9.17) is 5.26 Å². The molecule has 0 unspecified atom stereocenters. The lowest BCUT2D eigenvalue weighted by Crippen LogP contribution is -1.89. The van der Waals surface area contributed by atoms with Crippen molar-refractivity contribution in [3.8, 4) is 6.07 Å². The first-order valence-corrected chi connectivity index (χ1v) is 4.68. The van der Waals surface area contributed by atoms with Crippen LogP contribution in [-0.4, -0.2) is 9.55 Å². The molecule has 2 rings (SSSR count). The van der Waals surface area contributed by atoms with Gasteiger partial charge in [0.25, 0.3) is 0 Å². The largest absolute Gasteiger partial charge is 0.361 e. The van der Waals surface area contributed by atoms with Crippen LogP contribution in [0.2, 0.25) is 0 Å². The summed E-state index contributed by atoms with van der Waals surface area (Å²) in [5.74, 6) is 0. The maximum Gasteiger partial charge on any atom is 0.101 e. The Labute approximate surface area is 88.3 Å². The molecule has 0 radical (unpaired) electrons. The van der Waals surface area contributed by atoms with Gasteiger partial charge in [-0.15, -0.1) is 0 Å². The highest BCUT2D eigenvalue weighted by atomic mass is 14.9. The third-order valence-corrected chi connectivity index (χ3v) is 2.28. The van der Waals surface area contributed by atoms with Crippen molar-refractivity contribution in [1.82, 2.24) is 9.55 Å². The van der Waals surface area contributed by atoms with E-state index in [1.165, 1.54) is 0 Å². The van der Waals surface area contributed by atoms with E-state index in [-0.39, 0.29) is 0 Å². The first-order valence-electron chi connectivity index (χ1n) is 4.68. The molecule has 3 nitrogen and oxygen atoms in total. The molecule has 3 heteroatoms. The lowest BCUT2D eigenvalue weighted by molar-refractivity contribution is 0.915. The van der Waals surface area contributed by atoms with Crippen molar-refractivity contribution in [2.24, 2.45) is 7.05 Å². The molecule has 0 bridgehead atoms. The Hall–Kier alpha value is -2.21. The Bertz CT molecular complexity index is 509. The summed E-state index contributed by atoms with van der Waals surface area (Å²) in [6.07, 6.45) is 5.63. The average Bonchev–Trinajstić information content (AvgIpc) is 2.86. The molecule has 0 aliphatic heterocycles. The number of nitriles is 1.